The van der Waals surface area contributed by atoms with Crippen molar-refractivity contribution in [1.82, 2.24) is 9.55 Å². The van der Waals surface area contributed by atoms with E-state index in [1.807, 2.05) is 0 Å². The van der Waals surface area contributed by atoms with Crippen LogP contribution in [0.1, 0.15) is 0 Å². The summed E-state index contributed by atoms with van der Waals surface area (Å²) in [5, 5.41) is 7.81. The fourth-order valence-corrected chi connectivity index (χ4v) is 7.46. The highest BCUT2D eigenvalue weighted by Gasteiger charge is 2.23. The van der Waals surface area contributed by atoms with Crippen molar-refractivity contribution in [1.29, 1.82) is 0 Å². The Morgan fingerprint density at radius 1 is 0.381 bits per heavy atom. The van der Waals surface area contributed by atoms with Crippen molar-refractivity contribution in [3.05, 3.63) is 140 Å². The summed E-state index contributed by atoms with van der Waals surface area (Å²) < 4.78 is 2.37. The number of fused-ring (bicyclic) bond motifs is 10. The Kier molecular flexibility index (Phi) is 4.21. The van der Waals surface area contributed by atoms with E-state index >= 15 is 0 Å². The number of aromatic amines is 1. The number of para-hydroxylation sites is 2. The number of nitrogens with one attached hydrogen (secondary N) is 1. The average molecular weight is 533 g/mol. The summed E-state index contributed by atoms with van der Waals surface area (Å²) in [4.78, 5) is 3.75. The van der Waals surface area contributed by atoms with Crippen LogP contribution in [-0.4, -0.2) is 9.55 Å². The lowest BCUT2D eigenvalue weighted by atomic mass is 9.96. The highest BCUT2D eigenvalue weighted by atomic mass is 15.0. The first-order valence-corrected chi connectivity index (χ1v) is 14.5. The largest absolute Gasteiger partial charge is 0.354 e. The van der Waals surface area contributed by atoms with E-state index in [-0.39, 0.29) is 0 Å². The van der Waals surface area contributed by atoms with Gasteiger partial charge in [0.25, 0.3) is 0 Å². The smallest absolute Gasteiger partial charge is 0.0541 e. The van der Waals surface area contributed by atoms with Gasteiger partial charge < -0.3 is 9.55 Å². The molecule has 1 aliphatic carbocycles. The van der Waals surface area contributed by atoms with Crippen molar-refractivity contribution < 1.29 is 0 Å². The minimum atomic E-state index is 1.17. The summed E-state index contributed by atoms with van der Waals surface area (Å²) in [5.74, 6) is 0. The molecule has 0 bridgehead atoms. The first-order valence-electron chi connectivity index (χ1n) is 14.5. The molecule has 2 heteroatoms. The van der Waals surface area contributed by atoms with Crippen LogP contribution in [0.25, 0.3) is 93.5 Å². The topological polar surface area (TPSA) is 20.7 Å². The molecule has 10 rings (SSSR count). The Morgan fingerprint density at radius 3 is 1.93 bits per heavy atom. The van der Waals surface area contributed by atoms with Gasteiger partial charge in [-0.15, -0.1) is 0 Å². The summed E-state index contributed by atoms with van der Waals surface area (Å²) in [6.07, 6.45) is 0. The van der Waals surface area contributed by atoms with Gasteiger partial charge in [0.2, 0.25) is 0 Å². The molecule has 0 radical (unpaired) electrons. The second kappa shape index (κ2) is 7.99. The molecule has 0 fully saturated rings. The number of nitrogens with zero attached hydrogens (tertiary/aromatic N) is 1. The molecule has 0 unspecified atom stereocenters. The van der Waals surface area contributed by atoms with E-state index < -0.39 is 0 Å². The van der Waals surface area contributed by atoms with Crippen LogP contribution in [0.5, 0.6) is 0 Å². The monoisotopic (exact) mass is 532 g/mol. The van der Waals surface area contributed by atoms with Gasteiger partial charge in [-0.3, -0.25) is 0 Å². The fourth-order valence-electron chi connectivity index (χ4n) is 7.46. The molecule has 42 heavy (non-hydrogen) atoms. The van der Waals surface area contributed by atoms with E-state index in [2.05, 4.69) is 149 Å². The van der Waals surface area contributed by atoms with Crippen molar-refractivity contribution in [2.45, 2.75) is 0 Å². The first-order chi connectivity index (χ1) is 20.8. The van der Waals surface area contributed by atoms with Gasteiger partial charge in [0.1, 0.15) is 0 Å². The number of H-pyrrole nitrogens is 1. The van der Waals surface area contributed by atoms with Gasteiger partial charge in [0.05, 0.1) is 11.0 Å². The van der Waals surface area contributed by atoms with Crippen LogP contribution in [0.4, 0.5) is 0 Å². The third-order valence-electron chi connectivity index (χ3n) is 9.25. The second-order valence-electron chi connectivity index (χ2n) is 11.4. The molecule has 2 nitrogen and oxygen atoms in total. The molecule has 2 heterocycles. The van der Waals surface area contributed by atoms with Crippen LogP contribution in [-0.2, 0) is 0 Å². The number of aromatic nitrogens is 2. The van der Waals surface area contributed by atoms with Gasteiger partial charge in [-0.05, 0) is 92.7 Å². The quantitative estimate of drug-likeness (QED) is 0.229. The zero-order valence-electron chi connectivity index (χ0n) is 22.7. The van der Waals surface area contributed by atoms with Crippen molar-refractivity contribution in [2.24, 2.45) is 0 Å². The lowest BCUT2D eigenvalue weighted by Crippen LogP contribution is -1.92. The number of hydrogen-bond donors (Lipinski definition) is 1. The molecule has 0 atom stereocenters. The normalized spacial score (nSPS) is 12.3. The van der Waals surface area contributed by atoms with Gasteiger partial charge in [0.15, 0.2) is 0 Å². The van der Waals surface area contributed by atoms with Gasteiger partial charge >= 0.3 is 0 Å². The maximum absolute atomic E-state index is 3.75. The van der Waals surface area contributed by atoms with E-state index in [0.717, 1.165) is 0 Å². The highest BCUT2D eigenvalue weighted by molar-refractivity contribution is 6.29. The van der Waals surface area contributed by atoms with Crippen LogP contribution in [0.15, 0.2) is 140 Å². The van der Waals surface area contributed by atoms with Crippen LogP contribution < -0.4 is 0 Å². The van der Waals surface area contributed by atoms with Gasteiger partial charge in [-0.2, -0.15) is 0 Å². The van der Waals surface area contributed by atoms with Crippen LogP contribution in [0.2, 0.25) is 0 Å². The molecule has 9 aromatic rings. The van der Waals surface area contributed by atoms with Crippen LogP contribution in [0.3, 0.4) is 0 Å². The fraction of sp³-hybridized carbons (Fsp3) is 0. The third kappa shape index (κ3) is 2.83. The van der Waals surface area contributed by atoms with E-state index in [4.69, 9.17) is 0 Å². The second-order valence-corrected chi connectivity index (χ2v) is 11.4. The van der Waals surface area contributed by atoms with Crippen molar-refractivity contribution in [3.8, 4) is 39.1 Å². The predicted molar refractivity (Wildman–Crippen MR) is 178 cm³/mol. The van der Waals surface area contributed by atoms with E-state index in [0.29, 0.717) is 0 Å². The highest BCUT2D eigenvalue weighted by Crippen LogP contribution is 2.50. The third-order valence-corrected chi connectivity index (χ3v) is 9.25. The predicted octanol–water partition coefficient (Wildman–Crippen LogP) is 10.9. The SMILES string of the molecule is c1ccc(-n2c3ccccc3c3cc(-c4ccc5[nH]c6cc7c8c(cccc8c6c5c4)-c4ccccc4-7)ccc32)cc1. The van der Waals surface area contributed by atoms with Gasteiger partial charge in [-0.25, -0.2) is 0 Å². The lowest BCUT2D eigenvalue weighted by molar-refractivity contribution is 1.18. The zero-order valence-corrected chi connectivity index (χ0v) is 22.7. The minimum absolute atomic E-state index is 1.17. The average Bonchev–Trinajstić information content (AvgIpc) is 3.70. The number of hydrogen-bond acceptors (Lipinski definition) is 0. The van der Waals surface area contributed by atoms with Crippen LogP contribution >= 0.6 is 0 Å². The molecule has 0 saturated heterocycles. The molecular formula is C40H24N2. The van der Waals surface area contributed by atoms with E-state index in [1.165, 1.54) is 93.5 Å². The van der Waals surface area contributed by atoms with Crippen molar-refractivity contribution >= 4 is 54.4 Å². The Morgan fingerprint density at radius 2 is 1.05 bits per heavy atom. The molecule has 2 aromatic heterocycles. The summed E-state index contributed by atoms with van der Waals surface area (Å²) in [7, 11) is 0. The Hall–Kier alpha value is -5.60. The molecule has 194 valence electrons. The van der Waals surface area contributed by atoms with Gasteiger partial charge in [0, 0.05) is 38.3 Å². The Balaban J connectivity index is 1.22. The Bertz CT molecular complexity index is 2560. The molecule has 0 spiro atoms. The molecule has 1 aliphatic rings. The summed E-state index contributed by atoms with van der Waals surface area (Å²) in [5.41, 5.74) is 13.8. The Labute approximate surface area is 242 Å². The van der Waals surface area contributed by atoms with Gasteiger partial charge in [-0.1, -0.05) is 91.0 Å². The maximum atomic E-state index is 3.75. The lowest BCUT2D eigenvalue weighted by Gasteiger charge is -2.08. The number of benzene rings is 7. The van der Waals surface area contributed by atoms with E-state index in [9.17, 15) is 0 Å². The summed E-state index contributed by atoms with van der Waals surface area (Å²) >= 11 is 0. The molecule has 0 amide bonds. The zero-order chi connectivity index (χ0) is 27.4. The summed E-state index contributed by atoms with van der Waals surface area (Å²) in [6, 6.07) is 51.1. The molecule has 1 N–H and O–H groups in total. The molecular weight excluding hydrogens is 508 g/mol. The summed E-state index contributed by atoms with van der Waals surface area (Å²) in [6.45, 7) is 0. The standard InChI is InChI=1S/C40H24N2/c1-2-9-26(10-3-1)42-37-16-7-6-13-29(37)32-21-25(18-20-38(32)42)24-17-19-35-34(22-24)40-31-15-8-14-30-27-11-4-5-12-28(27)33(39(30)31)23-36(40)41-35/h1-23,41H. The van der Waals surface area contributed by atoms with Crippen LogP contribution in [0, 0.1) is 0 Å². The van der Waals surface area contributed by atoms with E-state index in [1.54, 1.807) is 0 Å². The molecule has 0 saturated carbocycles. The molecule has 0 aliphatic heterocycles. The van der Waals surface area contributed by atoms with Crippen molar-refractivity contribution in [3.63, 3.8) is 0 Å². The maximum Gasteiger partial charge on any atom is 0.0541 e. The first kappa shape index (κ1) is 22.1. The molecule has 7 aromatic carbocycles. The minimum Gasteiger partial charge on any atom is -0.354 e. The van der Waals surface area contributed by atoms with Crippen molar-refractivity contribution in [2.75, 3.05) is 0 Å². The number of rotatable bonds is 2.